The lowest BCUT2D eigenvalue weighted by Gasteiger charge is -2.10. The summed E-state index contributed by atoms with van der Waals surface area (Å²) in [4.78, 5) is 22.6. The Kier molecular flexibility index (Phi) is 5.02. The van der Waals surface area contributed by atoms with E-state index in [2.05, 4.69) is 26.2 Å². The van der Waals surface area contributed by atoms with E-state index in [0.717, 1.165) is 0 Å². The minimum atomic E-state index is -0.218. The molecule has 0 aliphatic heterocycles. The second-order valence-corrected chi connectivity index (χ2v) is 4.46. The fraction of sp³-hybridized carbons (Fsp3) is 0.308. The topological polar surface area (TPSA) is 111 Å². The molecule has 0 bridgehead atoms. The largest absolute Gasteiger partial charge is 0.497 e. The van der Waals surface area contributed by atoms with Gasteiger partial charge in [0, 0.05) is 37.7 Å². The molecule has 0 atom stereocenters. The standard InChI is InChI=1S/C13H16N6O3/c1-9(20)14-4-3-13(21)16-10-5-11(7-12(6-10)22-2)19-8-15-17-18-19/h5-8H,3-4H2,1-2H3,(H,14,20)(H,16,21). The fourth-order valence-electron chi connectivity index (χ4n) is 1.76. The zero-order valence-electron chi connectivity index (χ0n) is 12.2. The van der Waals surface area contributed by atoms with Crippen molar-refractivity contribution >= 4 is 17.5 Å². The number of methoxy groups -OCH3 is 1. The van der Waals surface area contributed by atoms with Crippen molar-refractivity contribution in [1.29, 1.82) is 0 Å². The van der Waals surface area contributed by atoms with Gasteiger partial charge in [-0.3, -0.25) is 9.59 Å². The first-order valence-electron chi connectivity index (χ1n) is 6.55. The summed E-state index contributed by atoms with van der Waals surface area (Å²) in [7, 11) is 1.53. The lowest BCUT2D eigenvalue weighted by Crippen LogP contribution is -2.25. The Morgan fingerprint density at radius 1 is 1.32 bits per heavy atom. The summed E-state index contributed by atoms with van der Waals surface area (Å²) in [5.74, 6) is 0.171. The molecule has 0 aliphatic rings. The number of hydrogen-bond donors (Lipinski definition) is 2. The summed E-state index contributed by atoms with van der Waals surface area (Å²) < 4.78 is 6.65. The van der Waals surface area contributed by atoms with E-state index in [1.54, 1.807) is 18.2 Å². The van der Waals surface area contributed by atoms with E-state index in [4.69, 9.17) is 4.74 Å². The van der Waals surface area contributed by atoms with E-state index in [1.807, 2.05) is 0 Å². The monoisotopic (exact) mass is 304 g/mol. The molecule has 0 saturated heterocycles. The van der Waals surface area contributed by atoms with Gasteiger partial charge in [0.05, 0.1) is 12.8 Å². The molecule has 2 N–H and O–H groups in total. The van der Waals surface area contributed by atoms with Crippen LogP contribution in [-0.2, 0) is 9.59 Å². The van der Waals surface area contributed by atoms with Gasteiger partial charge < -0.3 is 15.4 Å². The second-order valence-electron chi connectivity index (χ2n) is 4.46. The predicted octanol–water partition coefficient (Wildman–Crippen LogP) is 0.136. The minimum absolute atomic E-state index is 0.171. The molecule has 0 fully saturated rings. The zero-order chi connectivity index (χ0) is 15.9. The number of nitrogens with one attached hydrogen (secondary N) is 2. The maximum atomic E-state index is 11.8. The molecule has 0 spiro atoms. The highest BCUT2D eigenvalue weighted by atomic mass is 16.5. The normalized spacial score (nSPS) is 10.1. The third kappa shape index (κ3) is 4.27. The summed E-state index contributed by atoms with van der Waals surface area (Å²) >= 11 is 0. The number of hydrogen-bond acceptors (Lipinski definition) is 6. The number of anilines is 1. The molecule has 22 heavy (non-hydrogen) atoms. The van der Waals surface area contributed by atoms with Crippen LogP contribution in [0.15, 0.2) is 24.5 Å². The maximum Gasteiger partial charge on any atom is 0.226 e. The molecular weight excluding hydrogens is 288 g/mol. The van der Waals surface area contributed by atoms with E-state index in [1.165, 1.54) is 25.0 Å². The summed E-state index contributed by atoms with van der Waals surface area (Å²) in [5.41, 5.74) is 1.21. The van der Waals surface area contributed by atoms with Crippen LogP contribution in [0.4, 0.5) is 5.69 Å². The van der Waals surface area contributed by atoms with E-state index in [0.29, 0.717) is 17.1 Å². The van der Waals surface area contributed by atoms with Crippen LogP contribution in [0.1, 0.15) is 13.3 Å². The molecule has 0 radical (unpaired) electrons. The summed E-state index contributed by atoms with van der Waals surface area (Å²) in [6.07, 6.45) is 1.62. The van der Waals surface area contributed by atoms with Crippen molar-refractivity contribution in [3.63, 3.8) is 0 Å². The van der Waals surface area contributed by atoms with Gasteiger partial charge in [-0.1, -0.05) is 0 Å². The van der Waals surface area contributed by atoms with E-state index in [-0.39, 0.29) is 24.8 Å². The van der Waals surface area contributed by atoms with Crippen LogP contribution in [0.3, 0.4) is 0 Å². The summed E-state index contributed by atoms with van der Waals surface area (Å²) in [6.45, 7) is 1.68. The Bertz CT molecular complexity index is 656. The first-order valence-corrected chi connectivity index (χ1v) is 6.55. The second kappa shape index (κ2) is 7.16. The van der Waals surface area contributed by atoms with Crippen molar-refractivity contribution in [2.45, 2.75) is 13.3 Å². The van der Waals surface area contributed by atoms with Crippen LogP contribution in [0, 0.1) is 0 Å². The highest BCUT2D eigenvalue weighted by molar-refractivity contribution is 5.91. The Morgan fingerprint density at radius 2 is 2.14 bits per heavy atom. The van der Waals surface area contributed by atoms with Crippen molar-refractivity contribution in [3.05, 3.63) is 24.5 Å². The number of aromatic nitrogens is 4. The Balaban J connectivity index is 2.08. The Hall–Kier alpha value is -2.97. The fourth-order valence-corrected chi connectivity index (χ4v) is 1.76. The number of carbonyl (C=O) groups excluding carboxylic acids is 2. The molecule has 1 aromatic carbocycles. The number of nitrogens with zero attached hydrogens (tertiary/aromatic N) is 4. The van der Waals surface area contributed by atoms with Crippen LogP contribution in [0.2, 0.25) is 0 Å². The summed E-state index contributed by atoms with van der Waals surface area (Å²) in [5, 5.41) is 16.2. The van der Waals surface area contributed by atoms with Crippen LogP contribution in [0.25, 0.3) is 5.69 Å². The van der Waals surface area contributed by atoms with Crippen molar-refractivity contribution in [2.24, 2.45) is 0 Å². The van der Waals surface area contributed by atoms with Crippen molar-refractivity contribution in [3.8, 4) is 11.4 Å². The van der Waals surface area contributed by atoms with Gasteiger partial charge in [-0.25, -0.2) is 4.68 Å². The first kappa shape index (κ1) is 15.4. The molecule has 9 nitrogen and oxygen atoms in total. The van der Waals surface area contributed by atoms with Crippen molar-refractivity contribution in [1.82, 2.24) is 25.5 Å². The average Bonchev–Trinajstić information content (AvgIpc) is 3.00. The first-order chi connectivity index (χ1) is 10.6. The molecule has 0 unspecified atom stereocenters. The molecule has 2 amide bonds. The zero-order valence-corrected chi connectivity index (χ0v) is 12.2. The lowest BCUT2D eigenvalue weighted by molar-refractivity contribution is -0.119. The van der Waals surface area contributed by atoms with Gasteiger partial charge in [0.2, 0.25) is 11.8 Å². The van der Waals surface area contributed by atoms with Gasteiger partial charge in [0.25, 0.3) is 0 Å². The Morgan fingerprint density at radius 3 is 2.77 bits per heavy atom. The number of carbonyl (C=O) groups is 2. The molecule has 1 aromatic heterocycles. The highest BCUT2D eigenvalue weighted by Gasteiger charge is 2.08. The van der Waals surface area contributed by atoms with Gasteiger partial charge in [-0.2, -0.15) is 0 Å². The highest BCUT2D eigenvalue weighted by Crippen LogP contribution is 2.22. The Labute approximate surface area is 126 Å². The van der Waals surface area contributed by atoms with Crippen LogP contribution >= 0.6 is 0 Å². The molecule has 1 heterocycles. The maximum absolute atomic E-state index is 11.8. The smallest absolute Gasteiger partial charge is 0.226 e. The number of tetrazole rings is 1. The third-order valence-corrected chi connectivity index (χ3v) is 2.75. The predicted molar refractivity (Wildman–Crippen MR) is 77.6 cm³/mol. The van der Waals surface area contributed by atoms with Crippen molar-refractivity contribution < 1.29 is 14.3 Å². The van der Waals surface area contributed by atoms with Gasteiger partial charge in [0.15, 0.2) is 0 Å². The van der Waals surface area contributed by atoms with Crippen molar-refractivity contribution in [2.75, 3.05) is 19.0 Å². The minimum Gasteiger partial charge on any atom is -0.497 e. The molecule has 2 aromatic rings. The van der Waals surface area contributed by atoms with E-state index < -0.39 is 0 Å². The molecule has 0 saturated carbocycles. The van der Waals surface area contributed by atoms with Gasteiger partial charge >= 0.3 is 0 Å². The van der Waals surface area contributed by atoms with Crippen LogP contribution in [-0.4, -0.2) is 45.7 Å². The van der Waals surface area contributed by atoms with Gasteiger partial charge in [-0.05, 0) is 16.5 Å². The quantitative estimate of drug-likeness (QED) is 0.785. The number of amides is 2. The number of ether oxygens (including phenoxy) is 1. The third-order valence-electron chi connectivity index (χ3n) is 2.75. The SMILES string of the molecule is COc1cc(NC(=O)CCNC(C)=O)cc(-n2cnnn2)c1. The van der Waals surface area contributed by atoms with E-state index in [9.17, 15) is 9.59 Å². The molecule has 116 valence electrons. The molecule has 0 aliphatic carbocycles. The number of rotatable bonds is 6. The molecule has 9 heteroatoms. The van der Waals surface area contributed by atoms with Crippen LogP contribution in [0.5, 0.6) is 5.75 Å². The summed E-state index contributed by atoms with van der Waals surface area (Å²) in [6, 6.07) is 5.14. The average molecular weight is 304 g/mol. The van der Waals surface area contributed by atoms with Gasteiger partial charge in [-0.15, -0.1) is 5.10 Å². The lowest BCUT2D eigenvalue weighted by atomic mass is 10.2. The molecular formula is C13H16N6O3. The molecule has 2 rings (SSSR count). The number of benzene rings is 1. The van der Waals surface area contributed by atoms with Crippen LogP contribution < -0.4 is 15.4 Å². The van der Waals surface area contributed by atoms with E-state index >= 15 is 0 Å². The van der Waals surface area contributed by atoms with Gasteiger partial charge in [0.1, 0.15) is 12.1 Å².